The molecule has 1 aliphatic rings. The molecule has 22 heavy (non-hydrogen) atoms. The number of hydrogen-bond donors (Lipinski definition) is 2. The monoisotopic (exact) mass is 306 g/mol. The highest BCUT2D eigenvalue weighted by molar-refractivity contribution is 6.02. The lowest BCUT2D eigenvalue weighted by Crippen LogP contribution is -2.49. The molecule has 0 aliphatic carbocycles. The summed E-state index contributed by atoms with van der Waals surface area (Å²) in [5.74, 6) is 0.171. The Morgan fingerprint density at radius 3 is 2.64 bits per heavy atom. The Morgan fingerprint density at radius 2 is 2.09 bits per heavy atom. The van der Waals surface area contributed by atoms with E-state index in [1.54, 1.807) is 4.90 Å². The topological polar surface area (TPSA) is 73.4 Å². The molecule has 2 atom stereocenters. The van der Waals surface area contributed by atoms with Crippen LogP contribution in [0.15, 0.2) is 0 Å². The molecular formula is C17H26N2O3. The molecule has 1 amide bonds. The van der Waals surface area contributed by atoms with E-state index < -0.39 is 0 Å². The number of aryl methyl sites for hydroxylation is 1. The minimum absolute atomic E-state index is 0.0182. The van der Waals surface area contributed by atoms with Crippen LogP contribution in [0.4, 0.5) is 0 Å². The lowest BCUT2D eigenvalue weighted by atomic mass is 9.90. The summed E-state index contributed by atoms with van der Waals surface area (Å²) in [6, 6.07) is -0.143. The van der Waals surface area contributed by atoms with E-state index in [1.165, 1.54) is 6.92 Å². The maximum Gasteiger partial charge on any atom is 0.270 e. The molecule has 2 unspecified atom stereocenters. The van der Waals surface area contributed by atoms with Gasteiger partial charge in [0, 0.05) is 17.8 Å². The fourth-order valence-corrected chi connectivity index (χ4v) is 3.61. The SMILES string of the molecule is CCc1c(C(=O)N2CCCC(C)C2CO)[nH]c(C)c1C(C)=O. The van der Waals surface area contributed by atoms with E-state index in [9.17, 15) is 14.7 Å². The largest absolute Gasteiger partial charge is 0.394 e. The van der Waals surface area contributed by atoms with Crippen molar-refractivity contribution in [2.45, 2.75) is 53.0 Å². The van der Waals surface area contributed by atoms with Crippen LogP contribution in [-0.2, 0) is 6.42 Å². The van der Waals surface area contributed by atoms with E-state index in [-0.39, 0.29) is 30.3 Å². The van der Waals surface area contributed by atoms with Gasteiger partial charge in [0.15, 0.2) is 5.78 Å². The van der Waals surface area contributed by atoms with E-state index in [1.807, 2.05) is 13.8 Å². The predicted molar refractivity (Wildman–Crippen MR) is 85.2 cm³/mol. The van der Waals surface area contributed by atoms with Crippen molar-refractivity contribution in [2.24, 2.45) is 5.92 Å². The van der Waals surface area contributed by atoms with Crippen LogP contribution in [-0.4, -0.2) is 45.9 Å². The zero-order valence-electron chi connectivity index (χ0n) is 13.9. The van der Waals surface area contributed by atoms with Gasteiger partial charge < -0.3 is 15.0 Å². The normalized spacial score (nSPS) is 22.0. The molecule has 2 rings (SSSR count). The zero-order chi connectivity index (χ0) is 16.4. The zero-order valence-corrected chi connectivity index (χ0v) is 13.9. The number of aromatic amines is 1. The first kappa shape index (κ1) is 16.7. The van der Waals surface area contributed by atoms with Crippen LogP contribution in [0, 0.1) is 12.8 Å². The van der Waals surface area contributed by atoms with Crippen LogP contribution in [0.5, 0.6) is 0 Å². The van der Waals surface area contributed by atoms with Crippen LogP contribution in [0.25, 0.3) is 0 Å². The number of amides is 1. The van der Waals surface area contributed by atoms with Crippen molar-refractivity contribution in [1.29, 1.82) is 0 Å². The molecular weight excluding hydrogens is 280 g/mol. The van der Waals surface area contributed by atoms with Gasteiger partial charge in [-0.3, -0.25) is 9.59 Å². The van der Waals surface area contributed by atoms with Crippen molar-refractivity contribution in [3.63, 3.8) is 0 Å². The molecule has 1 fully saturated rings. The van der Waals surface area contributed by atoms with Crippen molar-refractivity contribution in [1.82, 2.24) is 9.88 Å². The fraction of sp³-hybridized carbons (Fsp3) is 0.647. The molecule has 0 aromatic carbocycles. The summed E-state index contributed by atoms with van der Waals surface area (Å²) in [6.45, 7) is 8.02. The second-order valence-corrected chi connectivity index (χ2v) is 6.26. The summed E-state index contributed by atoms with van der Waals surface area (Å²) in [6.07, 6.45) is 2.61. The molecule has 1 aliphatic heterocycles. The number of aromatic nitrogens is 1. The third kappa shape index (κ3) is 2.82. The van der Waals surface area contributed by atoms with E-state index in [0.717, 1.165) is 24.1 Å². The Hall–Kier alpha value is -1.62. The second kappa shape index (κ2) is 6.65. The van der Waals surface area contributed by atoms with E-state index in [4.69, 9.17) is 0 Å². The summed E-state index contributed by atoms with van der Waals surface area (Å²) >= 11 is 0. The summed E-state index contributed by atoms with van der Waals surface area (Å²) < 4.78 is 0. The molecule has 1 saturated heterocycles. The maximum atomic E-state index is 13.0. The first-order valence-electron chi connectivity index (χ1n) is 8.06. The lowest BCUT2D eigenvalue weighted by molar-refractivity contribution is 0.0353. The van der Waals surface area contributed by atoms with Crippen LogP contribution < -0.4 is 0 Å². The number of aliphatic hydroxyl groups excluding tert-OH is 1. The van der Waals surface area contributed by atoms with Crippen LogP contribution in [0.1, 0.15) is 65.7 Å². The molecule has 0 spiro atoms. The minimum atomic E-state index is -0.143. The number of likely N-dealkylation sites (tertiary alicyclic amines) is 1. The molecule has 2 heterocycles. The van der Waals surface area contributed by atoms with Crippen molar-refractivity contribution in [3.05, 3.63) is 22.5 Å². The number of carbonyl (C=O) groups excluding carboxylic acids is 2. The quantitative estimate of drug-likeness (QED) is 0.838. The van der Waals surface area contributed by atoms with Crippen LogP contribution in [0.2, 0.25) is 0 Å². The fourth-order valence-electron chi connectivity index (χ4n) is 3.61. The third-order valence-electron chi connectivity index (χ3n) is 4.77. The number of H-pyrrole nitrogens is 1. The number of rotatable bonds is 4. The van der Waals surface area contributed by atoms with E-state index >= 15 is 0 Å². The van der Waals surface area contributed by atoms with E-state index in [2.05, 4.69) is 11.9 Å². The molecule has 5 nitrogen and oxygen atoms in total. The van der Waals surface area contributed by atoms with Crippen LogP contribution in [0.3, 0.4) is 0 Å². The van der Waals surface area contributed by atoms with Gasteiger partial charge in [0.05, 0.1) is 12.6 Å². The third-order valence-corrected chi connectivity index (χ3v) is 4.77. The Bertz CT molecular complexity index is 577. The van der Waals surface area contributed by atoms with Crippen molar-refractivity contribution < 1.29 is 14.7 Å². The number of hydrogen-bond acceptors (Lipinski definition) is 3. The smallest absolute Gasteiger partial charge is 0.270 e. The summed E-state index contributed by atoms with van der Waals surface area (Å²) in [4.78, 5) is 29.7. The second-order valence-electron chi connectivity index (χ2n) is 6.26. The number of carbonyl (C=O) groups is 2. The number of nitrogens with zero attached hydrogens (tertiary/aromatic N) is 1. The Morgan fingerprint density at radius 1 is 1.41 bits per heavy atom. The van der Waals surface area contributed by atoms with Gasteiger partial charge in [-0.05, 0) is 44.6 Å². The van der Waals surface area contributed by atoms with Crippen LogP contribution >= 0.6 is 0 Å². The van der Waals surface area contributed by atoms with Gasteiger partial charge in [0.1, 0.15) is 5.69 Å². The van der Waals surface area contributed by atoms with Gasteiger partial charge in [-0.15, -0.1) is 0 Å². The highest BCUT2D eigenvalue weighted by atomic mass is 16.3. The number of nitrogens with one attached hydrogen (secondary N) is 1. The molecule has 0 saturated carbocycles. The molecule has 122 valence electrons. The number of Topliss-reactive ketones (excluding diaryl/α,β-unsaturated/α-hetero) is 1. The number of aliphatic hydroxyl groups is 1. The maximum absolute atomic E-state index is 13.0. The molecule has 1 aromatic rings. The van der Waals surface area contributed by atoms with E-state index in [0.29, 0.717) is 24.2 Å². The summed E-state index contributed by atoms with van der Waals surface area (Å²) in [5, 5.41) is 9.64. The van der Waals surface area contributed by atoms with Gasteiger partial charge >= 0.3 is 0 Å². The summed E-state index contributed by atoms with van der Waals surface area (Å²) in [5.41, 5.74) is 2.69. The van der Waals surface area contributed by atoms with Gasteiger partial charge in [-0.25, -0.2) is 0 Å². The Labute approximate surface area is 131 Å². The highest BCUT2D eigenvalue weighted by Crippen LogP contribution is 2.27. The first-order valence-corrected chi connectivity index (χ1v) is 8.06. The number of ketones is 1. The Kier molecular flexibility index (Phi) is 5.06. The minimum Gasteiger partial charge on any atom is -0.394 e. The van der Waals surface area contributed by atoms with Gasteiger partial charge in [-0.1, -0.05) is 13.8 Å². The van der Waals surface area contributed by atoms with Crippen molar-refractivity contribution in [2.75, 3.05) is 13.2 Å². The molecule has 5 heteroatoms. The Balaban J connectivity index is 2.41. The summed E-state index contributed by atoms with van der Waals surface area (Å²) in [7, 11) is 0. The van der Waals surface area contributed by atoms with Gasteiger partial charge in [0.25, 0.3) is 5.91 Å². The average molecular weight is 306 g/mol. The first-order chi connectivity index (χ1) is 10.4. The molecule has 2 N–H and O–H groups in total. The standard InChI is InChI=1S/C17H26N2O3/c1-5-13-15(12(4)21)11(3)18-16(13)17(22)19-8-6-7-10(2)14(19)9-20/h10,14,18,20H,5-9H2,1-4H3. The van der Waals surface area contributed by atoms with Gasteiger partial charge in [-0.2, -0.15) is 0 Å². The number of piperidine rings is 1. The molecule has 0 bridgehead atoms. The van der Waals surface area contributed by atoms with Crippen molar-refractivity contribution in [3.8, 4) is 0 Å². The highest BCUT2D eigenvalue weighted by Gasteiger charge is 2.34. The molecule has 1 aromatic heterocycles. The molecule has 0 radical (unpaired) electrons. The van der Waals surface area contributed by atoms with Crippen molar-refractivity contribution >= 4 is 11.7 Å². The van der Waals surface area contributed by atoms with Gasteiger partial charge in [0.2, 0.25) is 0 Å². The lowest BCUT2D eigenvalue weighted by Gasteiger charge is -2.39. The predicted octanol–water partition coefficient (Wildman–Crippen LogP) is 2.32. The average Bonchev–Trinajstić information content (AvgIpc) is 2.82.